The van der Waals surface area contributed by atoms with Crippen LogP contribution in [0.15, 0.2) is 162 Å². The molecule has 9 aromatic rings. The van der Waals surface area contributed by atoms with Crippen molar-refractivity contribution in [1.29, 1.82) is 0 Å². The summed E-state index contributed by atoms with van der Waals surface area (Å²) in [6.07, 6.45) is 0. The largest absolute Gasteiger partial charge is 0.455 e. The highest BCUT2D eigenvalue weighted by molar-refractivity contribution is 6.21. The van der Waals surface area contributed by atoms with Crippen LogP contribution in [-0.4, -0.2) is 15.0 Å². The second kappa shape index (κ2) is 12.2. The van der Waals surface area contributed by atoms with Crippen LogP contribution in [0.4, 0.5) is 0 Å². The summed E-state index contributed by atoms with van der Waals surface area (Å²) in [7, 11) is 0. The van der Waals surface area contributed by atoms with Gasteiger partial charge in [-0.15, -0.1) is 0 Å². The van der Waals surface area contributed by atoms with Gasteiger partial charge in [-0.1, -0.05) is 160 Å². The van der Waals surface area contributed by atoms with E-state index in [9.17, 15) is 0 Å². The third-order valence-corrected chi connectivity index (χ3v) is 9.64. The Morgan fingerprint density at radius 3 is 1.61 bits per heavy atom. The van der Waals surface area contributed by atoms with Gasteiger partial charge in [0.25, 0.3) is 0 Å². The Morgan fingerprint density at radius 2 is 0.961 bits per heavy atom. The summed E-state index contributed by atoms with van der Waals surface area (Å²) in [5.41, 5.74) is 10.3. The summed E-state index contributed by atoms with van der Waals surface area (Å²) in [4.78, 5) is 14.8. The molecule has 9 rings (SSSR count). The van der Waals surface area contributed by atoms with E-state index in [-0.39, 0.29) is 5.41 Å². The molecule has 0 bridgehead atoms. The topological polar surface area (TPSA) is 51.8 Å². The number of aromatic nitrogens is 3. The SMILES string of the molecule is CC(C)(C)c1cccc2ccc3oc4c(-c5cccc(-c6cccc(-c7nc(-c8ccccc8)nc(-c8ccccc8)n7)c6)c5)cccc4c3c12. The van der Waals surface area contributed by atoms with Crippen LogP contribution < -0.4 is 0 Å². The summed E-state index contributed by atoms with van der Waals surface area (Å²) in [6, 6.07) is 54.7. The minimum atomic E-state index is -0.00854. The Balaban J connectivity index is 1.15. The number of para-hydroxylation sites is 1. The van der Waals surface area contributed by atoms with E-state index < -0.39 is 0 Å². The molecule has 2 aromatic heterocycles. The zero-order valence-electron chi connectivity index (χ0n) is 28.8. The van der Waals surface area contributed by atoms with Crippen molar-refractivity contribution in [3.8, 4) is 56.4 Å². The number of hydrogen-bond acceptors (Lipinski definition) is 4. The molecule has 0 amide bonds. The van der Waals surface area contributed by atoms with Gasteiger partial charge in [0.1, 0.15) is 11.2 Å². The zero-order valence-corrected chi connectivity index (χ0v) is 28.8. The molecule has 0 N–H and O–H groups in total. The fraction of sp³-hybridized carbons (Fsp3) is 0.0851. The van der Waals surface area contributed by atoms with Crippen LogP contribution in [0.5, 0.6) is 0 Å². The van der Waals surface area contributed by atoms with Gasteiger partial charge >= 0.3 is 0 Å². The number of rotatable bonds is 5. The molecular weight excluding hydrogens is 623 g/mol. The van der Waals surface area contributed by atoms with Crippen LogP contribution in [0.3, 0.4) is 0 Å². The minimum absolute atomic E-state index is 0.00854. The number of benzene rings is 7. The first-order valence-corrected chi connectivity index (χ1v) is 17.4. The molecule has 4 nitrogen and oxygen atoms in total. The van der Waals surface area contributed by atoms with E-state index in [4.69, 9.17) is 19.4 Å². The summed E-state index contributed by atoms with van der Waals surface area (Å²) in [5, 5.41) is 4.82. The van der Waals surface area contributed by atoms with Crippen LogP contribution in [0.2, 0.25) is 0 Å². The van der Waals surface area contributed by atoms with Crippen molar-refractivity contribution in [1.82, 2.24) is 15.0 Å². The summed E-state index contributed by atoms with van der Waals surface area (Å²) in [5.74, 6) is 1.93. The van der Waals surface area contributed by atoms with Crippen molar-refractivity contribution >= 4 is 32.7 Å². The lowest BCUT2D eigenvalue weighted by molar-refractivity contribution is 0.596. The third-order valence-electron chi connectivity index (χ3n) is 9.64. The van der Waals surface area contributed by atoms with Crippen molar-refractivity contribution in [2.24, 2.45) is 0 Å². The zero-order chi connectivity index (χ0) is 34.5. The Kier molecular flexibility index (Phi) is 7.32. The monoisotopic (exact) mass is 657 g/mol. The molecule has 51 heavy (non-hydrogen) atoms. The van der Waals surface area contributed by atoms with Crippen LogP contribution >= 0.6 is 0 Å². The average molecular weight is 658 g/mol. The highest BCUT2D eigenvalue weighted by Gasteiger charge is 2.22. The lowest BCUT2D eigenvalue weighted by Gasteiger charge is -2.21. The molecular formula is C47H35N3O. The molecule has 244 valence electrons. The number of furan rings is 1. The quantitative estimate of drug-likeness (QED) is 0.185. The van der Waals surface area contributed by atoms with Crippen LogP contribution in [0.25, 0.3) is 89.1 Å². The smallest absolute Gasteiger partial charge is 0.164 e. The maximum atomic E-state index is 6.71. The van der Waals surface area contributed by atoms with Crippen molar-refractivity contribution < 1.29 is 4.42 Å². The van der Waals surface area contributed by atoms with Gasteiger partial charge in [-0.25, -0.2) is 15.0 Å². The number of nitrogens with zero attached hydrogens (tertiary/aromatic N) is 3. The number of hydrogen-bond donors (Lipinski definition) is 0. The lowest BCUT2D eigenvalue weighted by atomic mass is 9.82. The lowest BCUT2D eigenvalue weighted by Crippen LogP contribution is -2.11. The third kappa shape index (κ3) is 5.55. The molecule has 0 aliphatic rings. The van der Waals surface area contributed by atoms with E-state index in [0.29, 0.717) is 17.5 Å². The maximum absolute atomic E-state index is 6.71. The first kappa shape index (κ1) is 30.7. The van der Waals surface area contributed by atoms with Gasteiger partial charge in [0.2, 0.25) is 0 Å². The Bertz CT molecular complexity index is 2670. The highest BCUT2D eigenvalue weighted by Crippen LogP contribution is 2.43. The van der Waals surface area contributed by atoms with Crippen molar-refractivity contribution in [2.45, 2.75) is 26.2 Å². The summed E-state index contributed by atoms with van der Waals surface area (Å²) in [6.45, 7) is 6.83. The summed E-state index contributed by atoms with van der Waals surface area (Å²) >= 11 is 0. The Hall–Kier alpha value is -6.39. The van der Waals surface area contributed by atoms with Crippen molar-refractivity contribution in [3.63, 3.8) is 0 Å². The first-order chi connectivity index (χ1) is 24.9. The summed E-state index contributed by atoms with van der Waals surface area (Å²) < 4.78 is 6.71. The van der Waals surface area contributed by atoms with Crippen molar-refractivity contribution in [3.05, 3.63) is 163 Å². The normalized spacial score (nSPS) is 11.8. The van der Waals surface area contributed by atoms with Crippen LogP contribution in [-0.2, 0) is 5.41 Å². The Labute approximate surface area is 297 Å². The standard InChI is InChI=1S/C47H35N3O/c1-47(2,3)39-25-12-18-30-26-27-40-42(41(30)39)38-24-13-23-37(43(38)51-40)35-21-10-19-33(28-35)34-20-11-22-36(29-34)46-49-44(31-14-6-4-7-15-31)48-45(50-46)32-16-8-5-9-17-32/h4-29H,1-3H3. The van der Waals surface area contributed by atoms with E-state index in [2.05, 4.69) is 118 Å². The molecule has 0 saturated heterocycles. The number of fused-ring (bicyclic) bond motifs is 5. The van der Waals surface area contributed by atoms with E-state index in [1.165, 1.54) is 21.7 Å². The van der Waals surface area contributed by atoms with Crippen LogP contribution in [0.1, 0.15) is 26.3 Å². The molecule has 4 heteroatoms. The second-order valence-electron chi connectivity index (χ2n) is 14.1. The predicted octanol–water partition coefficient (Wildman–Crippen LogP) is 12.6. The predicted molar refractivity (Wildman–Crippen MR) is 210 cm³/mol. The molecule has 0 aliphatic heterocycles. The molecule has 0 radical (unpaired) electrons. The molecule has 0 saturated carbocycles. The van der Waals surface area contributed by atoms with E-state index in [1.54, 1.807) is 0 Å². The van der Waals surface area contributed by atoms with Gasteiger partial charge in [0, 0.05) is 33.0 Å². The molecule has 0 unspecified atom stereocenters. The molecule has 0 aliphatic carbocycles. The maximum Gasteiger partial charge on any atom is 0.164 e. The van der Waals surface area contributed by atoms with Gasteiger partial charge < -0.3 is 4.42 Å². The molecule has 0 atom stereocenters. The van der Waals surface area contributed by atoms with E-state index in [0.717, 1.165) is 55.5 Å². The van der Waals surface area contributed by atoms with E-state index in [1.807, 2.05) is 60.7 Å². The molecule has 7 aromatic carbocycles. The van der Waals surface area contributed by atoms with Gasteiger partial charge in [-0.05, 0) is 56.6 Å². The molecule has 0 spiro atoms. The van der Waals surface area contributed by atoms with Crippen molar-refractivity contribution in [2.75, 3.05) is 0 Å². The van der Waals surface area contributed by atoms with Gasteiger partial charge in [-0.2, -0.15) is 0 Å². The van der Waals surface area contributed by atoms with Gasteiger partial charge in [0.15, 0.2) is 17.5 Å². The molecule has 2 heterocycles. The minimum Gasteiger partial charge on any atom is -0.455 e. The average Bonchev–Trinajstić information content (AvgIpc) is 3.57. The Morgan fingerprint density at radius 1 is 0.431 bits per heavy atom. The fourth-order valence-corrected chi connectivity index (χ4v) is 7.16. The van der Waals surface area contributed by atoms with E-state index >= 15 is 0 Å². The second-order valence-corrected chi connectivity index (χ2v) is 14.1. The highest BCUT2D eigenvalue weighted by atomic mass is 16.3. The molecule has 0 fully saturated rings. The van der Waals surface area contributed by atoms with Gasteiger partial charge in [-0.3, -0.25) is 0 Å². The first-order valence-electron chi connectivity index (χ1n) is 17.4. The van der Waals surface area contributed by atoms with Crippen LogP contribution in [0, 0.1) is 0 Å². The van der Waals surface area contributed by atoms with Gasteiger partial charge in [0.05, 0.1) is 0 Å². The fourth-order valence-electron chi connectivity index (χ4n) is 7.16.